The number of sulfonamides is 1. The summed E-state index contributed by atoms with van der Waals surface area (Å²) in [6.45, 7) is 5.96. The molecule has 1 atom stereocenters. The number of aromatic nitrogens is 4. The van der Waals surface area contributed by atoms with Crippen LogP contribution in [0.2, 0.25) is 0 Å². The molecule has 1 aliphatic heterocycles. The van der Waals surface area contributed by atoms with Crippen LogP contribution in [0.25, 0.3) is 0 Å². The summed E-state index contributed by atoms with van der Waals surface area (Å²) >= 11 is 0. The zero-order chi connectivity index (χ0) is 18.1. The van der Waals surface area contributed by atoms with Gasteiger partial charge in [-0.1, -0.05) is 0 Å². The predicted octanol–water partition coefficient (Wildman–Crippen LogP) is 1.13. The van der Waals surface area contributed by atoms with Gasteiger partial charge in [0, 0.05) is 50.7 Å². The van der Waals surface area contributed by atoms with Crippen molar-refractivity contribution in [3.63, 3.8) is 0 Å². The van der Waals surface area contributed by atoms with Crippen molar-refractivity contribution in [1.29, 1.82) is 0 Å². The first kappa shape index (κ1) is 17.7. The fourth-order valence-corrected chi connectivity index (χ4v) is 4.98. The summed E-state index contributed by atoms with van der Waals surface area (Å²) < 4.78 is 30.8. The summed E-state index contributed by atoms with van der Waals surface area (Å²) in [7, 11) is -3.12. The first-order valence-corrected chi connectivity index (χ1v) is 10.8. The molecule has 8 nitrogen and oxygen atoms in total. The van der Waals surface area contributed by atoms with E-state index in [2.05, 4.69) is 37.6 Å². The third kappa shape index (κ3) is 3.84. The summed E-state index contributed by atoms with van der Waals surface area (Å²) in [6.07, 6.45) is 8.17. The molecule has 26 heavy (non-hydrogen) atoms. The van der Waals surface area contributed by atoms with Crippen LogP contribution in [-0.2, 0) is 29.7 Å². The molecule has 2 aliphatic rings. The Labute approximate surface area is 154 Å². The van der Waals surface area contributed by atoms with Crippen molar-refractivity contribution in [1.82, 2.24) is 29.2 Å². The van der Waals surface area contributed by atoms with Gasteiger partial charge in [0.05, 0.1) is 23.2 Å². The molecular weight excluding hydrogens is 352 g/mol. The fourth-order valence-electron chi connectivity index (χ4n) is 3.58. The van der Waals surface area contributed by atoms with Crippen LogP contribution in [0.15, 0.2) is 24.7 Å². The molecule has 1 N–H and O–H groups in total. The lowest BCUT2D eigenvalue weighted by molar-refractivity contribution is 0.162. The van der Waals surface area contributed by atoms with E-state index in [1.165, 1.54) is 11.3 Å². The van der Waals surface area contributed by atoms with Crippen LogP contribution in [0.1, 0.15) is 43.5 Å². The average Bonchev–Trinajstić information content (AvgIpc) is 3.22. The minimum atomic E-state index is -3.12. The Morgan fingerprint density at radius 1 is 1.31 bits per heavy atom. The second-order valence-electron chi connectivity index (χ2n) is 7.22. The van der Waals surface area contributed by atoms with Gasteiger partial charge < -0.3 is 0 Å². The summed E-state index contributed by atoms with van der Waals surface area (Å²) in [5.74, 6) is 0. The van der Waals surface area contributed by atoms with Crippen molar-refractivity contribution in [3.05, 3.63) is 35.9 Å². The van der Waals surface area contributed by atoms with Gasteiger partial charge in [0.1, 0.15) is 0 Å². The Morgan fingerprint density at radius 3 is 2.88 bits per heavy atom. The highest BCUT2D eigenvalue weighted by Gasteiger charge is 2.35. The zero-order valence-electron chi connectivity index (χ0n) is 15.1. The van der Waals surface area contributed by atoms with Gasteiger partial charge in [-0.3, -0.25) is 14.3 Å². The molecule has 4 rings (SSSR count). The minimum Gasteiger partial charge on any atom is -0.291 e. The van der Waals surface area contributed by atoms with Crippen molar-refractivity contribution in [2.45, 2.75) is 57.1 Å². The highest BCUT2D eigenvalue weighted by molar-refractivity contribution is 7.90. The number of nitrogens with one attached hydrogen (secondary N) is 1. The lowest BCUT2D eigenvalue weighted by atomic mass is 10.1. The smallest absolute Gasteiger partial charge is 0.214 e. The van der Waals surface area contributed by atoms with E-state index in [1.54, 1.807) is 0 Å². The third-order valence-corrected chi connectivity index (χ3v) is 7.07. The average molecular weight is 379 g/mol. The fraction of sp³-hybridized carbons (Fsp3) is 0.647. The van der Waals surface area contributed by atoms with Crippen LogP contribution in [0.5, 0.6) is 0 Å². The zero-order valence-corrected chi connectivity index (χ0v) is 15.9. The Hall–Kier alpha value is -1.71. The van der Waals surface area contributed by atoms with Crippen molar-refractivity contribution < 1.29 is 8.42 Å². The molecule has 1 aliphatic carbocycles. The first-order valence-electron chi connectivity index (χ1n) is 9.29. The first-order chi connectivity index (χ1) is 12.5. The second kappa shape index (κ2) is 7.13. The Morgan fingerprint density at radius 2 is 2.15 bits per heavy atom. The molecule has 0 spiro atoms. The molecule has 2 aromatic rings. The van der Waals surface area contributed by atoms with Crippen molar-refractivity contribution in [2.75, 3.05) is 13.1 Å². The van der Waals surface area contributed by atoms with E-state index in [0.717, 1.165) is 45.4 Å². The number of rotatable bonds is 8. The molecule has 1 fully saturated rings. The molecule has 1 saturated carbocycles. The van der Waals surface area contributed by atoms with Crippen LogP contribution >= 0.6 is 0 Å². The molecule has 0 unspecified atom stereocenters. The van der Waals surface area contributed by atoms with Crippen LogP contribution < -0.4 is 4.72 Å². The van der Waals surface area contributed by atoms with Crippen LogP contribution in [-0.4, -0.2) is 51.2 Å². The van der Waals surface area contributed by atoms with Gasteiger partial charge in [-0.05, 0) is 32.3 Å². The number of nitrogens with zero attached hydrogens (tertiary/aromatic N) is 5. The van der Waals surface area contributed by atoms with E-state index in [9.17, 15) is 8.42 Å². The van der Waals surface area contributed by atoms with Crippen molar-refractivity contribution in [3.8, 4) is 0 Å². The van der Waals surface area contributed by atoms with E-state index < -0.39 is 10.0 Å². The molecule has 0 saturated heterocycles. The molecule has 0 aromatic carbocycles. The van der Waals surface area contributed by atoms with Gasteiger partial charge >= 0.3 is 0 Å². The highest BCUT2D eigenvalue weighted by atomic mass is 32.2. The van der Waals surface area contributed by atoms with Gasteiger partial charge in [-0.15, -0.1) is 0 Å². The molecular formula is C17H26N6O2S. The van der Waals surface area contributed by atoms with E-state index in [1.807, 2.05) is 23.1 Å². The van der Waals surface area contributed by atoms with E-state index in [-0.39, 0.29) is 11.3 Å². The summed E-state index contributed by atoms with van der Waals surface area (Å²) in [4.78, 5) is 2.38. The molecule has 142 valence electrons. The second-order valence-corrected chi connectivity index (χ2v) is 9.27. The highest BCUT2D eigenvalue weighted by Crippen LogP contribution is 2.28. The predicted molar refractivity (Wildman–Crippen MR) is 97.8 cm³/mol. The maximum absolute atomic E-state index is 12.0. The SMILES string of the molecule is CCn1cc(CN2Cc3ccnn3[C@H](CCNS(=O)(=O)C3CC3)C2)cn1. The molecule has 0 radical (unpaired) electrons. The molecule has 0 amide bonds. The number of hydrogen-bond acceptors (Lipinski definition) is 5. The third-order valence-electron chi connectivity index (χ3n) is 5.11. The normalized spacial score (nSPS) is 21.0. The number of fused-ring (bicyclic) bond motifs is 1. The van der Waals surface area contributed by atoms with E-state index >= 15 is 0 Å². The van der Waals surface area contributed by atoms with Crippen LogP contribution in [0, 0.1) is 0 Å². The lowest BCUT2D eigenvalue weighted by Gasteiger charge is -2.33. The quantitative estimate of drug-likeness (QED) is 0.744. The molecule has 3 heterocycles. The number of aryl methyl sites for hydroxylation is 1. The Balaban J connectivity index is 1.39. The summed E-state index contributed by atoms with van der Waals surface area (Å²) in [6, 6.07) is 2.22. The number of hydrogen-bond donors (Lipinski definition) is 1. The van der Waals surface area contributed by atoms with E-state index in [0.29, 0.717) is 6.54 Å². The van der Waals surface area contributed by atoms with Gasteiger partial charge in [-0.25, -0.2) is 13.1 Å². The monoisotopic (exact) mass is 378 g/mol. The standard InChI is InChI=1S/C17H26N6O2S/c1-2-22-11-14(9-19-22)10-21-12-15-5-7-18-23(15)16(13-21)6-8-20-26(24,25)17-3-4-17/h5,7,9,11,16-17,20H,2-4,6,8,10,12-13H2,1H3/t16-/m1/s1. The van der Waals surface area contributed by atoms with E-state index in [4.69, 9.17) is 0 Å². The lowest BCUT2D eigenvalue weighted by Crippen LogP contribution is -2.39. The van der Waals surface area contributed by atoms with Crippen LogP contribution in [0.4, 0.5) is 0 Å². The summed E-state index contributed by atoms with van der Waals surface area (Å²) in [5.41, 5.74) is 2.38. The maximum Gasteiger partial charge on any atom is 0.214 e. The topological polar surface area (TPSA) is 85.0 Å². The largest absolute Gasteiger partial charge is 0.291 e. The molecule has 9 heteroatoms. The van der Waals surface area contributed by atoms with Crippen molar-refractivity contribution >= 4 is 10.0 Å². The molecule has 0 bridgehead atoms. The molecule has 2 aromatic heterocycles. The van der Waals surface area contributed by atoms with Gasteiger partial charge in [0.15, 0.2) is 0 Å². The maximum atomic E-state index is 12.0. The summed E-state index contributed by atoms with van der Waals surface area (Å²) in [5, 5.41) is 8.64. The van der Waals surface area contributed by atoms with Crippen LogP contribution in [0.3, 0.4) is 0 Å². The minimum absolute atomic E-state index is 0.166. The van der Waals surface area contributed by atoms with Gasteiger partial charge in [-0.2, -0.15) is 10.2 Å². The van der Waals surface area contributed by atoms with Crippen molar-refractivity contribution in [2.24, 2.45) is 0 Å². The Bertz CT molecular complexity index is 854. The Kier molecular flexibility index (Phi) is 4.85. The van der Waals surface area contributed by atoms with Gasteiger partial charge in [0.25, 0.3) is 0 Å². The van der Waals surface area contributed by atoms with Gasteiger partial charge in [0.2, 0.25) is 10.0 Å².